The molecule has 1 heterocycles. The lowest BCUT2D eigenvalue weighted by atomic mass is 10.1. The first-order valence-electron chi connectivity index (χ1n) is 5.59. The van der Waals surface area contributed by atoms with Gasteiger partial charge in [0.05, 0.1) is 11.9 Å². The highest BCUT2D eigenvalue weighted by Crippen LogP contribution is 2.25. The van der Waals surface area contributed by atoms with Gasteiger partial charge in [0.1, 0.15) is 4.90 Å². The molecule has 5 nitrogen and oxygen atoms in total. The van der Waals surface area contributed by atoms with Gasteiger partial charge in [0.2, 0.25) is 0 Å². The summed E-state index contributed by atoms with van der Waals surface area (Å²) in [6.45, 7) is 1.90. The van der Waals surface area contributed by atoms with Crippen LogP contribution in [0.2, 0.25) is 0 Å². The predicted octanol–water partition coefficient (Wildman–Crippen LogP) is 2.06. The minimum atomic E-state index is -3.24. The molecule has 0 bridgehead atoms. The van der Waals surface area contributed by atoms with Crippen molar-refractivity contribution in [2.24, 2.45) is 5.73 Å². The van der Waals surface area contributed by atoms with E-state index in [-0.39, 0.29) is 10.9 Å². The molecule has 0 aliphatic carbocycles. The Labute approximate surface area is 120 Å². The van der Waals surface area contributed by atoms with Gasteiger partial charge in [-0.25, -0.2) is 13.1 Å². The van der Waals surface area contributed by atoms with Gasteiger partial charge in [-0.3, -0.25) is 0 Å². The Morgan fingerprint density at radius 2 is 2.11 bits per heavy atom. The number of halogens is 1. The standard InChI is InChI=1S/C12H14BrN3O2S/c1-8(14)11-4-3-9(5-12(11)13)16-7-10(6-15-16)19(2,17)18/h3-8H,14H2,1-2H3. The number of rotatable bonds is 3. The maximum atomic E-state index is 11.4. The number of sulfone groups is 1. The summed E-state index contributed by atoms with van der Waals surface area (Å²) >= 11 is 3.45. The molecule has 1 unspecified atom stereocenters. The topological polar surface area (TPSA) is 78.0 Å². The minimum absolute atomic E-state index is 0.0763. The average Bonchev–Trinajstić information content (AvgIpc) is 2.76. The van der Waals surface area contributed by atoms with Crippen LogP contribution in [-0.4, -0.2) is 24.5 Å². The highest BCUT2D eigenvalue weighted by molar-refractivity contribution is 9.10. The second-order valence-corrected chi connectivity index (χ2v) is 7.26. The highest BCUT2D eigenvalue weighted by Gasteiger charge is 2.12. The second-order valence-electron chi connectivity index (χ2n) is 4.39. The Morgan fingerprint density at radius 1 is 1.42 bits per heavy atom. The van der Waals surface area contributed by atoms with Gasteiger partial charge in [0.15, 0.2) is 9.84 Å². The number of nitrogens with zero attached hydrogens (tertiary/aromatic N) is 2. The van der Waals surface area contributed by atoms with Crippen molar-refractivity contribution >= 4 is 25.8 Å². The molecule has 0 aliphatic rings. The van der Waals surface area contributed by atoms with Crippen LogP contribution in [0.25, 0.3) is 5.69 Å². The van der Waals surface area contributed by atoms with Crippen molar-refractivity contribution in [3.05, 3.63) is 40.6 Å². The summed E-state index contributed by atoms with van der Waals surface area (Å²) in [6.07, 6.45) is 3.98. The molecule has 19 heavy (non-hydrogen) atoms. The van der Waals surface area contributed by atoms with Gasteiger partial charge in [-0.1, -0.05) is 22.0 Å². The molecule has 0 spiro atoms. The fourth-order valence-electron chi connectivity index (χ4n) is 1.67. The van der Waals surface area contributed by atoms with E-state index < -0.39 is 9.84 Å². The molecular weight excluding hydrogens is 330 g/mol. The lowest BCUT2D eigenvalue weighted by Crippen LogP contribution is -2.06. The lowest BCUT2D eigenvalue weighted by molar-refractivity contribution is 0.602. The van der Waals surface area contributed by atoms with E-state index in [1.165, 1.54) is 17.1 Å². The van der Waals surface area contributed by atoms with E-state index in [2.05, 4.69) is 21.0 Å². The van der Waals surface area contributed by atoms with Gasteiger partial charge < -0.3 is 5.73 Å². The second kappa shape index (κ2) is 5.07. The van der Waals surface area contributed by atoms with Crippen LogP contribution >= 0.6 is 15.9 Å². The smallest absolute Gasteiger partial charge is 0.178 e. The van der Waals surface area contributed by atoms with Gasteiger partial charge in [0, 0.05) is 23.0 Å². The molecule has 0 saturated heterocycles. The maximum absolute atomic E-state index is 11.4. The van der Waals surface area contributed by atoms with Crippen molar-refractivity contribution in [1.29, 1.82) is 0 Å². The average molecular weight is 344 g/mol. The summed E-state index contributed by atoms with van der Waals surface area (Å²) < 4.78 is 25.2. The van der Waals surface area contributed by atoms with Crippen LogP contribution in [0.1, 0.15) is 18.5 Å². The number of hydrogen-bond donors (Lipinski definition) is 1. The van der Waals surface area contributed by atoms with E-state index in [1.807, 2.05) is 25.1 Å². The van der Waals surface area contributed by atoms with E-state index in [9.17, 15) is 8.42 Å². The van der Waals surface area contributed by atoms with Crippen molar-refractivity contribution in [3.8, 4) is 5.69 Å². The molecule has 7 heteroatoms. The monoisotopic (exact) mass is 343 g/mol. The maximum Gasteiger partial charge on any atom is 0.178 e. The van der Waals surface area contributed by atoms with Gasteiger partial charge in [-0.2, -0.15) is 5.10 Å². The largest absolute Gasteiger partial charge is 0.324 e. The molecule has 2 rings (SSSR count). The Hall–Kier alpha value is -1.18. The van der Waals surface area contributed by atoms with Crippen LogP contribution in [0.15, 0.2) is 40.0 Å². The van der Waals surface area contributed by atoms with E-state index in [0.717, 1.165) is 22.0 Å². The Morgan fingerprint density at radius 3 is 2.58 bits per heavy atom. The number of hydrogen-bond acceptors (Lipinski definition) is 4. The Bertz CT molecular complexity index is 708. The predicted molar refractivity (Wildman–Crippen MR) is 77.0 cm³/mol. The van der Waals surface area contributed by atoms with Crippen molar-refractivity contribution in [3.63, 3.8) is 0 Å². The Kier molecular flexibility index (Phi) is 3.80. The van der Waals surface area contributed by atoms with Crippen LogP contribution in [0.5, 0.6) is 0 Å². The quantitative estimate of drug-likeness (QED) is 0.925. The van der Waals surface area contributed by atoms with Crippen molar-refractivity contribution in [1.82, 2.24) is 9.78 Å². The van der Waals surface area contributed by atoms with Crippen molar-refractivity contribution in [2.45, 2.75) is 17.9 Å². The molecule has 1 atom stereocenters. The first-order chi connectivity index (χ1) is 8.79. The Balaban J connectivity index is 2.43. The SMILES string of the molecule is CC(N)c1ccc(-n2cc(S(C)(=O)=O)cn2)cc1Br. The van der Waals surface area contributed by atoms with Crippen LogP contribution < -0.4 is 5.73 Å². The zero-order valence-electron chi connectivity index (χ0n) is 10.5. The zero-order valence-corrected chi connectivity index (χ0v) is 12.9. The first-order valence-corrected chi connectivity index (χ1v) is 8.27. The zero-order chi connectivity index (χ0) is 14.2. The summed E-state index contributed by atoms with van der Waals surface area (Å²) in [5.74, 6) is 0. The summed E-state index contributed by atoms with van der Waals surface area (Å²) in [6, 6.07) is 5.53. The summed E-state index contributed by atoms with van der Waals surface area (Å²) in [5, 5.41) is 4.05. The summed E-state index contributed by atoms with van der Waals surface area (Å²) in [5.41, 5.74) is 7.59. The van der Waals surface area contributed by atoms with Gasteiger partial charge in [-0.15, -0.1) is 0 Å². The minimum Gasteiger partial charge on any atom is -0.324 e. The molecule has 1 aromatic carbocycles. The molecule has 1 aromatic heterocycles. The van der Waals surface area contributed by atoms with Crippen LogP contribution in [0, 0.1) is 0 Å². The van der Waals surface area contributed by atoms with Crippen molar-refractivity contribution in [2.75, 3.05) is 6.26 Å². The lowest BCUT2D eigenvalue weighted by Gasteiger charge is -2.10. The van der Waals surface area contributed by atoms with E-state index in [0.29, 0.717) is 0 Å². The molecule has 0 radical (unpaired) electrons. The molecule has 0 saturated carbocycles. The van der Waals surface area contributed by atoms with E-state index >= 15 is 0 Å². The molecule has 2 N–H and O–H groups in total. The highest BCUT2D eigenvalue weighted by atomic mass is 79.9. The van der Waals surface area contributed by atoms with Crippen LogP contribution in [-0.2, 0) is 9.84 Å². The summed E-state index contributed by atoms with van der Waals surface area (Å²) in [4.78, 5) is 0.194. The van der Waals surface area contributed by atoms with E-state index in [4.69, 9.17) is 5.73 Å². The molecule has 0 amide bonds. The molecule has 2 aromatic rings. The number of nitrogens with two attached hydrogens (primary N) is 1. The molecular formula is C12H14BrN3O2S. The first kappa shape index (κ1) is 14.2. The summed E-state index contributed by atoms with van der Waals surface area (Å²) in [7, 11) is -3.24. The normalized spacial score (nSPS) is 13.5. The van der Waals surface area contributed by atoms with Gasteiger partial charge in [0.25, 0.3) is 0 Å². The third-order valence-electron chi connectivity index (χ3n) is 2.73. The van der Waals surface area contributed by atoms with Gasteiger partial charge >= 0.3 is 0 Å². The van der Waals surface area contributed by atoms with Crippen LogP contribution in [0.4, 0.5) is 0 Å². The molecule has 102 valence electrons. The van der Waals surface area contributed by atoms with Crippen LogP contribution in [0.3, 0.4) is 0 Å². The molecule has 0 fully saturated rings. The number of benzene rings is 1. The third-order valence-corrected chi connectivity index (χ3v) is 4.48. The van der Waals surface area contributed by atoms with Crippen molar-refractivity contribution < 1.29 is 8.42 Å². The fourth-order valence-corrected chi connectivity index (χ4v) is 2.92. The molecule has 0 aliphatic heterocycles. The fraction of sp³-hybridized carbons (Fsp3) is 0.250. The van der Waals surface area contributed by atoms with E-state index in [1.54, 1.807) is 0 Å². The van der Waals surface area contributed by atoms with Gasteiger partial charge in [-0.05, 0) is 24.6 Å². The number of aromatic nitrogens is 2. The third kappa shape index (κ3) is 3.05.